The first kappa shape index (κ1) is 10.5. The van der Waals surface area contributed by atoms with Gasteiger partial charge in [-0.15, -0.1) is 0 Å². The van der Waals surface area contributed by atoms with Gasteiger partial charge in [0.05, 0.1) is 10.9 Å². The van der Waals surface area contributed by atoms with E-state index < -0.39 is 11.4 Å². The third kappa shape index (κ3) is 1.64. The van der Waals surface area contributed by atoms with E-state index in [1.807, 2.05) is 36.4 Å². The Bertz CT molecular complexity index is 816. The van der Waals surface area contributed by atoms with Gasteiger partial charge in [-0.1, -0.05) is 42.5 Å². The molecule has 0 amide bonds. The van der Waals surface area contributed by atoms with Gasteiger partial charge in [-0.3, -0.25) is 4.98 Å². The summed E-state index contributed by atoms with van der Waals surface area (Å²) in [6, 6.07) is 14.8. The van der Waals surface area contributed by atoms with E-state index in [4.69, 9.17) is 0 Å². The lowest BCUT2D eigenvalue weighted by molar-refractivity contribution is 0.460. The summed E-state index contributed by atoms with van der Waals surface area (Å²) >= 11 is 0. The largest absolute Gasteiger partial charge is 0.419 e. The molecule has 1 N–H and O–H groups in total. The molecule has 18 heavy (non-hydrogen) atoms. The summed E-state index contributed by atoms with van der Waals surface area (Å²) in [5.74, 6) is -0.740. The van der Waals surface area contributed by atoms with Crippen molar-refractivity contribution in [1.29, 1.82) is 0 Å². The molecule has 0 bridgehead atoms. The van der Waals surface area contributed by atoms with Crippen LogP contribution in [0, 0.1) is 0 Å². The summed E-state index contributed by atoms with van der Waals surface area (Å²) in [5.41, 5.74) is 1.62. The summed E-state index contributed by atoms with van der Waals surface area (Å²) < 4.78 is 4.51. The standard InChI is InChI=1S/C14H9NO3/c16-13-11-8-4-7-10(9-5-2-1-3-6-9)12(11)15-14(17)18-13/h1-8H,(H,15,17). The van der Waals surface area contributed by atoms with E-state index in [0.717, 1.165) is 11.1 Å². The number of aromatic nitrogens is 1. The van der Waals surface area contributed by atoms with Crippen molar-refractivity contribution in [3.05, 3.63) is 69.5 Å². The second-order valence-corrected chi connectivity index (χ2v) is 3.90. The second-order valence-electron chi connectivity index (χ2n) is 3.90. The van der Waals surface area contributed by atoms with Gasteiger partial charge in [-0.05, 0) is 11.6 Å². The molecule has 0 atom stereocenters. The first-order valence-corrected chi connectivity index (χ1v) is 5.47. The molecule has 0 radical (unpaired) electrons. The van der Waals surface area contributed by atoms with E-state index in [9.17, 15) is 9.59 Å². The minimum Gasteiger partial charge on any atom is -0.372 e. The highest BCUT2D eigenvalue weighted by molar-refractivity contribution is 5.92. The molecule has 88 valence electrons. The number of fused-ring (bicyclic) bond motifs is 1. The monoisotopic (exact) mass is 239 g/mol. The van der Waals surface area contributed by atoms with Crippen LogP contribution in [0.15, 0.2) is 62.5 Å². The highest BCUT2D eigenvalue weighted by Crippen LogP contribution is 2.24. The fourth-order valence-corrected chi connectivity index (χ4v) is 1.98. The van der Waals surface area contributed by atoms with E-state index in [1.54, 1.807) is 12.1 Å². The normalized spacial score (nSPS) is 10.7. The molecular weight excluding hydrogens is 230 g/mol. The average molecular weight is 239 g/mol. The fourth-order valence-electron chi connectivity index (χ4n) is 1.98. The number of aromatic amines is 1. The molecular formula is C14H9NO3. The van der Waals surface area contributed by atoms with Crippen LogP contribution < -0.4 is 11.4 Å². The highest BCUT2D eigenvalue weighted by Gasteiger charge is 2.08. The van der Waals surface area contributed by atoms with Crippen molar-refractivity contribution >= 4 is 10.9 Å². The Morgan fingerprint density at radius 3 is 2.44 bits per heavy atom. The zero-order valence-corrected chi connectivity index (χ0v) is 9.34. The van der Waals surface area contributed by atoms with Crippen LogP contribution in [-0.4, -0.2) is 4.98 Å². The molecule has 0 aliphatic rings. The summed E-state index contributed by atoms with van der Waals surface area (Å²) in [6.45, 7) is 0. The fraction of sp³-hybridized carbons (Fsp3) is 0. The quantitative estimate of drug-likeness (QED) is 0.707. The number of nitrogens with one attached hydrogen (secondary N) is 1. The van der Waals surface area contributed by atoms with Gasteiger partial charge in [0, 0.05) is 5.56 Å². The third-order valence-electron chi connectivity index (χ3n) is 2.78. The van der Waals surface area contributed by atoms with Gasteiger partial charge < -0.3 is 4.42 Å². The number of rotatable bonds is 1. The summed E-state index contributed by atoms with van der Waals surface area (Å²) in [6.07, 6.45) is 0. The maximum absolute atomic E-state index is 11.6. The zero-order valence-electron chi connectivity index (χ0n) is 9.34. The number of hydrogen-bond acceptors (Lipinski definition) is 3. The minimum absolute atomic E-state index is 0.371. The molecule has 1 heterocycles. The van der Waals surface area contributed by atoms with Crippen molar-refractivity contribution in [3.63, 3.8) is 0 Å². The van der Waals surface area contributed by atoms with Gasteiger partial charge in [0.15, 0.2) is 0 Å². The third-order valence-corrected chi connectivity index (χ3v) is 2.78. The van der Waals surface area contributed by atoms with Gasteiger partial charge in [-0.25, -0.2) is 9.59 Å². The van der Waals surface area contributed by atoms with Crippen LogP contribution in [0.5, 0.6) is 0 Å². The Balaban J connectivity index is 2.45. The zero-order chi connectivity index (χ0) is 12.5. The molecule has 4 heteroatoms. The molecule has 0 saturated carbocycles. The van der Waals surface area contributed by atoms with Crippen LogP contribution in [0.4, 0.5) is 0 Å². The molecule has 2 aromatic carbocycles. The number of H-pyrrole nitrogens is 1. The van der Waals surface area contributed by atoms with Gasteiger partial charge in [0.2, 0.25) is 0 Å². The lowest BCUT2D eigenvalue weighted by atomic mass is 10.0. The topological polar surface area (TPSA) is 63.1 Å². The van der Waals surface area contributed by atoms with Crippen molar-refractivity contribution in [2.24, 2.45) is 0 Å². The first-order valence-electron chi connectivity index (χ1n) is 5.47. The molecule has 0 spiro atoms. The van der Waals surface area contributed by atoms with E-state index in [-0.39, 0.29) is 0 Å². The molecule has 0 aliphatic heterocycles. The average Bonchev–Trinajstić information content (AvgIpc) is 2.39. The SMILES string of the molecule is O=c1[nH]c2c(-c3ccccc3)cccc2c(=O)o1. The Kier molecular flexibility index (Phi) is 2.34. The molecule has 0 saturated heterocycles. The second kappa shape index (κ2) is 4.00. The maximum Gasteiger partial charge on any atom is 0.419 e. The number of hydrogen-bond donors (Lipinski definition) is 1. The summed E-state index contributed by atoms with van der Waals surface area (Å²) in [5, 5.41) is 0.371. The summed E-state index contributed by atoms with van der Waals surface area (Å²) in [4.78, 5) is 25.4. The van der Waals surface area contributed by atoms with E-state index in [0.29, 0.717) is 10.9 Å². The van der Waals surface area contributed by atoms with Crippen molar-refractivity contribution < 1.29 is 4.42 Å². The molecule has 1 aromatic heterocycles. The van der Waals surface area contributed by atoms with Crippen molar-refractivity contribution in [2.45, 2.75) is 0 Å². The maximum atomic E-state index is 11.6. The van der Waals surface area contributed by atoms with Gasteiger partial charge in [-0.2, -0.15) is 0 Å². The molecule has 0 aliphatic carbocycles. The Labute approximate surface area is 102 Å². The lowest BCUT2D eigenvalue weighted by Crippen LogP contribution is -2.14. The first-order chi connectivity index (χ1) is 8.75. The van der Waals surface area contributed by atoms with Gasteiger partial charge >= 0.3 is 11.4 Å². The smallest absolute Gasteiger partial charge is 0.372 e. The Morgan fingerprint density at radius 2 is 1.67 bits per heavy atom. The number of para-hydroxylation sites is 1. The molecule has 3 rings (SSSR count). The Hall–Kier alpha value is -2.62. The van der Waals surface area contributed by atoms with E-state index >= 15 is 0 Å². The van der Waals surface area contributed by atoms with Crippen LogP contribution in [0.1, 0.15) is 0 Å². The molecule has 3 aromatic rings. The predicted octanol–water partition coefficient (Wildman–Crippen LogP) is 2.15. The molecule has 0 unspecified atom stereocenters. The minimum atomic E-state index is -0.740. The summed E-state index contributed by atoms with van der Waals surface area (Å²) in [7, 11) is 0. The number of benzene rings is 2. The van der Waals surface area contributed by atoms with Gasteiger partial charge in [0.25, 0.3) is 0 Å². The highest BCUT2D eigenvalue weighted by atomic mass is 16.4. The van der Waals surface area contributed by atoms with Crippen molar-refractivity contribution in [1.82, 2.24) is 4.98 Å². The van der Waals surface area contributed by atoms with Crippen molar-refractivity contribution in [2.75, 3.05) is 0 Å². The van der Waals surface area contributed by atoms with Crippen LogP contribution in [0.2, 0.25) is 0 Å². The lowest BCUT2D eigenvalue weighted by Gasteiger charge is -2.04. The van der Waals surface area contributed by atoms with E-state index in [2.05, 4.69) is 9.40 Å². The van der Waals surface area contributed by atoms with Gasteiger partial charge in [0.1, 0.15) is 0 Å². The van der Waals surface area contributed by atoms with Crippen LogP contribution in [0.25, 0.3) is 22.0 Å². The van der Waals surface area contributed by atoms with Crippen molar-refractivity contribution in [3.8, 4) is 11.1 Å². The van der Waals surface area contributed by atoms with Crippen LogP contribution >= 0.6 is 0 Å². The Morgan fingerprint density at radius 1 is 0.889 bits per heavy atom. The van der Waals surface area contributed by atoms with Crippen LogP contribution in [-0.2, 0) is 0 Å². The predicted molar refractivity (Wildman–Crippen MR) is 68.5 cm³/mol. The molecule has 0 fully saturated rings. The molecule has 4 nitrogen and oxygen atoms in total. The van der Waals surface area contributed by atoms with Crippen LogP contribution in [0.3, 0.4) is 0 Å². The van der Waals surface area contributed by atoms with E-state index in [1.165, 1.54) is 0 Å².